The maximum absolute atomic E-state index is 14.1. The van der Waals surface area contributed by atoms with Crippen molar-refractivity contribution in [2.75, 3.05) is 0 Å². The first-order valence-electron chi connectivity index (χ1n) is 13.3. The van der Waals surface area contributed by atoms with E-state index in [0.717, 1.165) is 62.1 Å². The first-order chi connectivity index (χ1) is 18.7. The third-order valence-corrected chi connectivity index (χ3v) is 8.01. The lowest BCUT2D eigenvalue weighted by Gasteiger charge is -2.37. The molecule has 1 saturated carbocycles. The quantitative estimate of drug-likeness (QED) is 0.256. The van der Waals surface area contributed by atoms with Crippen molar-refractivity contribution in [2.24, 2.45) is 5.41 Å². The molecule has 5 rings (SSSR count). The minimum absolute atomic E-state index is 0.00721. The van der Waals surface area contributed by atoms with E-state index in [4.69, 9.17) is 4.98 Å². The van der Waals surface area contributed by atoms with Crippen molar-refractivity contribution < 1.29 is 36.2 Å². The van der Waals surface area contributed by atoms with Crippen molar-refractivity contribution in [2.45, 2.75) is 76.7 Å². The number of carbonyl (C=O) groups is 1. The van der Waals surface area contributed by atoms with E-state index in [1.54, 1.807) is 0 Å². The number of aliphatic hydroxyl groups is 1. The Balaban J connectivity index is 1.78. The lowest BCUT2D eigenvalue weighted by atomic mass is 9.71. The molecule has 0 unspecified atom stereocenters. The molecular formula is C31H29F6NO2. The van der Waals surface area contributed by atoms with Crippen molar-refractivity contribution >= 4 is 5.78 Å². The summed E-state index contributed by atoms with van der Waals surface area (Å²) in [6.07, 6.45) is -5.95. The van der Waals surface area contributed by atoms with Crippen LogP contribution in [0.4, 0.5) is 26.3 Å². The van der Waals surface area contributed by atoms with Crippen molar-refractivity contribution in [3.05, 3.63) is 87.7 Å². The average Bonchev–Trinajstić information content (AvgIpc) is 3.41. The molecule has 2 aliphatic rings. The van der Waals surface area contributed by atoms with Crippen molar-refractivity contribution in [3.63, 3.8) is 0 Å². The van der Waals surface area contributed by atoms with E-state index >= 15 is 0 Å². The van der Waals surface area contributed by atoms with E-state index in [9.17, 15) is 36.2 Å². The number of halogens is 6. The molecule has 1 atom stereocenters. The number of carbonyl (C=O) groups excluding carboxylic acids is 1. The van der Waals surface area contributed by atoms with Gasteiger partial charge in [0.05, 0.1) is 28.5 Å². The Hall–Kier alpha value is -3.20. The fourth-order valence-corrected chi connectivity index (χ4v) is 6.12. The minimum Gasteiger partial charge on any atom is -0.388 e. The summed E-state index contributed by atoms with van der Waals surface area (Å²) in [4.78, 5) is 19.1. The third-order valence-electron chi connectivity index (χ3n) is 8.01. The van der Waals surface area contributed by atoms with E-state index in [0.29, 0.717) is 40.9 Å². The smallest absolute Gasteiger partial charge is 0.388 e. The van der Waals surface area contributed by atoms with Crippen LogP contribution in [0.5, 0.6) is 0 Å². The number of rotatable bonds is 4. The van der Waals surface area contributed by atoms with Gasteiger partial charge in [-0.05, 0) is 60.9 Å². The molecule has 212 valence electrons. The topological polar surface area (TPSA) is 50.2 Å². The standard InChI is InChI=1S/C31H29F6NO2/c1-29(2)15-22-25(23(39)16-29)24(17-7-11-20(12-8-17)30(32,33)34)26(27(38-22)18-5-3-4-6-18)28(40)19-9-13-21(14-10-19)31(35,36)37/h7-14,18,23,39H,3-6,15-16H2,1-2H3/t23-/m0/s1. The highest BCUT2D eigenvalue weighted by atomic mass is 19.4. The summed E-state index contributed by atoms with van der Waals surface area (Å²) >= 11 is 0. The molecule has 0 bridgehead atoms. The molecule has 2 aromatic carbocycles. The van der Waals surface area contributed by atoms with Crippen LogP contribution in [0, 0.1) is 5.41 Å². The van der Waals surface area contributed by atoms with Gasteiger partial charge in [-0.3, -0.25) is 9.78 Å². The second-order valence-electron chi connectivity index (χ2n) is 11.6. The number of nitrogens with zero attached hydrogens (tertiary/aromatic N) is 1. The molecule has 1 fully saturated rings. The lowest BCUT2D eigenvalue weighted by molar-refractivity contribution is -0.138. The predicted molar refractivity (Wildman–Crippen MR) is 138 cm³/mol. The van der Waals surface area contributed by atoms with Crippen LogP contribution in [0.3, 0.4) is 0 Å². The number of hydrogen-bond acceptors (Lipinski definition) is 3. The van der Waals surface area contributed by atoms with Crippen LogP contribution in [0.1, 0.15) is 102 Å². The summed E-state index contributed by atoms with van der Waals surface area (Å²) in [5.74, 6) is -0.660. The Morgan fingerprint density at radius 1 is 0.875 bits per heavy atom. The van der Waals surface area contributed by atoms with E-state index < -0.39 is 35.4 Å². The van der Waals surface area contributed by atoms with Crippen LogP contribution in [0.25, 0.3) is 11.1 Å². The molecule has 0 aliphatic heterocycles. The summed E-state index contributed by atoms with van der Waals surface area (Å²) in [6, 6.07) is 8.33. The Bertz CT molecular complexity index is 1420. The molecule has 40 heavy (non-hydrogen) atoms. The van der Waals surface area contributed by atoms with Crippen molar-refractivity contribution in [1.29, 1.82) is 0 Å². The van der Waals surface area contributed by atoms with Crippen LogP contribution in [0.2, 0.25) is 0 Å². The summed E-state index contributed by atoms with van der Waals surface area (Å²) in [7, 11) is 0. The first kappa shape index (κ1) is 28.3. The highest BCUT2D eigenvalue weighted by molar-refractivity contribution is 6.14. The zero-order chi connectivity index (χ0) is 29.0. The maximum Gasteiger partial charge on any atom is 0.416 e. The molecule has 1 heterocycles. The molecule has 0 amide bonds. The molecule has 1 aromatic heterocycles. The predicted octanol–water partition coefficient (Wildman–Crippen LogP) is 8.68. The second kappa shape index (κ2) is 10.0. The lowest BCUT2D eigenvalue weighted by Crippen LogP contribution is -2.29. The van der Waals surface area contributed by atoms with Gasteiger partial charge in [0.15, 0.2) is 5.78 Å². The molecule has 0 spiro atoms. The Kier molecular flexibility index (Phi) is 7.09. The maximum atomic E-state index is 14.1. The van der Waals surface area contributed by atoms with Gasteiger partial charge in [0.2, 0.25) is 0 Å². The highest BCUT2D eigenvalue weighted by Crippen LogP contribution is 2.48. The number of aliphatic hydroxyl groups excluding tert-OH is 1. The summed E-state index contributed by atoms with van der Waals surface area (Å²) in [5, 5.41) is 11.3. The normalized spacial score (nSPS) is 19.5. The number of pyridine rings is 1. The van der Waals surface area contributed by atoms with Gasteiger partial charge in [0.25, 0.3) is 0 Å². The Morgan fingerprint density at radius 3 is 1.93 bits per heavy atom. The number of ketones is 1. The minimum atomic E-state index is -4.58. The number of benzene rings is 2. The van der Waals surface area contributed by atoms with Crippen LogP contribution in [-0.4, -0.2) is 15.9 Å². The molecule has 0 saturated heterocycles. The third kappa shape index (κ3) is 5.40. The number of aromatic nitrogens is 1. The van der Waals surface area contributed by atoms with E-state index in [-0.39, 0.29) is 22.5 Å². The van der Waals surface area contributed by atoms with Crippen LogP contribution >= 0.6 is 0 Å². The van der Waals surface area contributed by atoms with Crippen LogP contribution in [0.15, 0.2) is 48.5 Å². The highest BCUT2D eigenvalue weighted by Gasteiger charge is 2.39. The van der Waals surface area contributed by atoms with Gasteiger partial charge >= 0.3 is 12.4 Å². The summed E-state index contributed by atoms with van der Waals surface area (Å²) in [6.45, 7) is 3.99. The average molecular weight is 562 g/mol. The number of hydrogen-bond donors (Lipinski definition) is 1. The van der Waals surface area contributed by atoms with Gasteiger partial charge in [-0.2, -0.15) is 26.3 Å². The molecule has 3 nitrogen and oxygen atoms in total. The molecule has 9 heteroatoms. The largest absolute Gasteiger partial charge is 0.416 e. The number of alkyl halides is 6. The Morgan fingerprint density at radius 2 is 1.40 bits per heavy atom. The molecule has 1 N–H and O–H groups in total. The fraction of sp³-hybridized carbons (Fsp3) is 0.419. The van der Waals surface area contributed by atoms with Crippen molar-refractivity contribution in [3.8, 4) is 11.1 Å². The van der Waals surface area contributed by atoms with Gasteiger partial charge < -0.3 is 5.11 Å². The molecule has 0 radical (unpaired) electrons. The first-order valence-corrected chi connectivity index (χ1v) is 13.3. The zero-order valence-electron chi connectivity index (χ0n) is 22.1. The molecular weight excluding hydrogens is 532 g/mol. The van der Waals surface area contributed by atoms with E-state index in [1.165, 1.54) is 12.1 Å². The molecule has 3 aromatic rings. The van der Waals surface area contributed by atoms with Crippen molar-refractivity contribution in [1.82, 2.24) is 4.98 Å². The Labute approximate surface area is 228 Å². The van der Waals surface area contributed by atoms with Gasteiger partial charge in [-0.15, -0.1) is 0 Å². The number of fused-ring (bicyclic) bond motifs is 1. The summed E-state index contributed by atoms with van der Waals surface area (Å²) in [5.41, 5.74) is 0.228. The van der Waals surface area contributed by atoms with Gasteiger partial charge in [0, 0.05) is 28.3 Å². The zero-order valence-corrected chi connectivity index (χ0v) is 22.1. The fourth-order valence-electron chi connectivity index (χ4n) is 6.12. The van der Waals surface area contributed by atoms with Crippen LogP contribution in [-0.2, 0) is 18.8 Å². The van der Waals surface area contributed by atoms with Gasteiger partial charge in [-0.25, -0.2) is 0 Å². The van der Waals surface area contributed by atoms with E-state index in [1.807, 2.05) is 13.8 Å². The monoisotopic (exact) mass is 561 g/mol. The summed E-state index contributed by atoms with van der Waals surface area (Å²) < 4.78 is 79.7. The van der Waals surface area contributed by atoms with Gasteiger partial charge in [-0.1, -0.05) is 51.0 Å². The molecule has 2 aliphatic carbocycles. The SMILES string of the molecule is CC1(C)Cc2nc(C3CCCC3)c(C(=O)c3ccc(C(F)(F)F)cc3)c(-c3ccc(C(F)(F)F)cc3)c2[C@@H](O)C1. The van der Waals surface area contributed by atoms with Crippen LogP contribution < -0.4 is 0 Å². The van der Waals surface area contributed by atoms with E-state index in [2.05, 4.69) is 0 Å². The van der Waals surface area contributed by atoms with Gasteiger partial charge in [0.1, 0.15) is 0 Å². The second-order valence-corrected chi connectivity index (χ2v) is 11.6.